The number of carbonyl (C=O) groups excluding carboxylic acids is 1. The van der Waals surface area contributed by atoms with Crippen LogP contribution in [0.15, 0.2) is 42.6 Å². The molecule has 166 valence electrons. The molecule has 0 aliphatic carbocycles. The first-order valence-electron chi connectivity index (χ1n) is 11.2. The van der Waals surface area contributed by atoms with Gasteiger partial charge in [-0.25, -0.2) is 9.97 Å². The highest BCUT2D eigenvalue weighted by Gasteiger charge is 2.26. The van der Waals surface area contributed by atoms with Gasteiger partial charge in [-0.15, -0.1) is 0 Å². The summed E-state index contributed by atoms with van der Waals surface area (Å²) in [5.41, 5.74) is 2.91. The minimum atomic E-state index is 0.0379. The first-order chi connectivity index (χ1) is 15.3. The minimum Gasteiger partial charge on any atom is -0.328 e. The number of amides is 1. The number of fused-ring (bicyclic) bond motifs is 1. The van der Waals surface area contributed by atoms with Gasteiger partial charge < -0.3 is 9.88 Å². The number of para-hydroxylation sites is 1. The van der Waals surface area contributed by atoms with E-state index in [-0.39, 0.29) is 23.1 Å². The number of hydrogen-bond acceptors (Lipinski definition) is 5. The average Bonchev–Trinajstić information content (AvgIpc) is 3.09. The van der Waals surface area contributed by atoms with Gasteiger partial charge in [0.1, 0.15) is 11.7 Å². The molecule has 1 N–H and O–H groups in total. The number of benzene rings is 1. The number of anilines is 1. The molecule has 1 aliphatic heterocycles. The van der Waals surface area contributed by atoms with E-state index in [1.807, 2.05) is 36.4 Å². The second-order valence-corrected chi connectivity index (χ2v) is 9.77. The lowest BCUT2D eigenvalue weighted by Crippen LogP contribution is -2.38. The summed E-state index contributed by atoms with van der Waals surface area (Å²) in [6.07, 6.45) is 3.43. The Kier molecular flexibility index (Phi) is 6.24. The third-order valence-corrected chi connectivity index (χ3v) is 5.84. The molecule has 0 saturated carbocycles. The van der Waals surface area contributed by atoms with Gasteiger partial charge in [0.15, 0.2) is 0 Å². The van der Waals surface area contributed by atoms with Crippen molar-refractivity contribution in [2.75, 3.05) is 18.4 Å². The number of nitrogens with zero attached hydrogens (tertiary/aromatic N) is 5. The Hall–Kier alpha value is -3.24. The largest absolute Gasteiger partial charge is 0.328 e. The molecule has 0 unspecified atom stereocenters. The Labute approximate surface area is 189 Å². The number of rotatable bonds is 5. The summed E-state index contributed by atoms with van der Waals surface area (Å²) < 4.78 is 2.23. The number of piperidine rings is 1. The molecule has 32 heavy (non-hydrogen) atoms. The molecule has 1 saturated heterocycles. The van der Waals surface area contributed by atoms with Gasteiger partial charge in [-0.05, 0) is 49.5 Å². The van der Waals surface area contributed by atoms with E-state index in [2.05, 4.69) is 51.6 Å². The van der Waals surface area contributed by atoms with Gasteiger partial charge in [-0.3, -0.25) is 9.69 Å². The molecule has 1 aromatic carbocycles. The van der Waals surface area contributed by atoms with Gasteiger partial charge in [-0.1, -0.05) is 39.0 Å². The SMILES string of the molecule is CC(C)(C)Cn1c(CN2CCC(C(=O)Nc3ccccc3)CC2)cc2cnc(C#N)nc21. The predicted octanol–water partition coefficient (Wildman–Crippen LogP) is 4.20. The van der Waals surface area contributed by atoms with E-state index >= 15 is 0 Å². The van der Waals surface area contributed by atoms with E-state index in [1.54, 1.807) is 6.20 Å². The highest BCUT2D eigenvalue weighted by molar-refractivity contribution is 5.92. The summed E-state index contributed by atoms with van der Waals surface area (Å²) in [5.74, 6) is 0.343. The third kappa shape index (κ3) is 5.14. The van der Waals surface area contributed by atoms with Crippen LogP contribution in [0.5, 0.6) is 0 Å². The Bertz CT molecular complexity index is 1130. The number of carbonyl (C=O) groups is 1. The Morgan fingerprint density at radius 1 is 1.22 bits per heavy atom. The van der Waals surface area contributed by atoms with Crippen molar-refractivity contribution in [1.82, 2.24) is 19.4 Å². The summed E-state index contributed by atoms with van der Waals surface area (Å²) in [4.78, 5) is 23.7. The zero-order valence-electron chi connectivity index (χ0n) is 19.0. The zero-order chi connectivity index (χ0) is 22.7. The van der Waals surface area contributed by atoms with Crippen molar-refractivity contribution >= 4 is 22.6 Å². The van der Waals surface area contributed by atoms with E-state index in [0.717, 1.165) is 55.7 Å². The number of likely N-dealkylation sites (tertiary alicyclic amines) is 1. The Balaban J connectivity index is 1.45. The highest BCUT2D eigenvalue weighted by Crippen LogP contribution is 2.27. The van der Waals surface area contributed by atoms with Crippen molar-refractivity contribution in [3.63, 3.8) is 0 Å². The van der Waals surface area contributed by atoms with Crippen LogP contribution < -0.4 is 5.32 Å². The van der Waals surface area contributed by atoms with E-state index in [1.165, 1.54) is 5.69 Å². The van der Waals surface area contributed by atoms with E-state index in [0.29, 0.717) is 0 Å². The van der Waals surface area contributed by atoms with E-state index in [9.17, 15) is 10.1 Å². The molecule has 0 radical (unpaired) electrons. The summed E-state index contributed by atoms with van der Waals surface area (Å²) in [6, 6.07) is 13.8. The molecule has 4 rings (SSSR count). The molecule has 3 heterocycles. The molecule has 2 aromatic heterocycles. The second kappa shape index (κ2) is 9.09. The normalized spacial score (nSPS) is 15.6. The lowest BCUT2D eigenvalue weighted by Gasteiger charge is -2.32. The minimum absolute atomic E-state index is 0.0379. The fourth-order valence-corrected chi connectivity index (χ4v) is 4.28. The first-order valence-corrected chi connectivity index (χ1v) is 11.2. The van der Waals surface area contributed by atoms with Crippen LogP contribution in [-0.4, -0.2) is 38.4 Å². The van der Waals surface area contributed by atoms with Gasteiger partial charge in [0.25, 0.3) is 0 Å². The first kappa shape index (κ1) is 22.0. The maximum absolute atomic E-state index is 12.6. The van der Waals surface area contributed by atoms with Gasteiger partial charge >= 0.3 is 0 Å². The summed E-state index contributed by atoms with van der Waals surface area (Å²) in [7, 11) is 0. The maximum atomic E-state index is 12.6. The van der Waals surface area contributed by atoms with Gasteiger partial charge in [0.05, 0.1) is 0 Å². The molecular formula is C25H30N6O. The van der Waals surface area contributed by atoms with Crippen LogP contribution in [0.2, 0.25) is 0 Å². The van der Waals surface area contributed by atoms with Crippen LogP contribution in [0.25, 0.3) is 11.0 Å². The molecule has 7 nitrogen and oxygen atoms in total. The quantitative estimate of drug-likeness (QED) is 0.655. The zero-order valence-corrected chi connectivity index (χ0v) is 19.0. The molecule has 1 aliphatic rings. The van der Waals surface area contributed by atoms with Crippen molar-refractivity contribution in [3.8, 4) is 6.07 Å². The molecule has 0 bridgehead atoms. The van der Waals surface area contributed by atoms with Crippen LogP contribution >= 0.6 is 0 Å². The summed E-state index contributed by atoms with van der Waals surface area (Å²) >= 11 is 0. The molecular weight excluding hydrogens is 400 g/mol. The Morgan fingerprint density at radius 2 is 1.94 bits per heavy atom. The molecule has 0 atom stereocenters. The molecule has 1 amide bonds. The predicted molar refractivity (Wildman–Crippen MR) is 125 cm³/mol. The number of nitrogens with one attached hydrogen (secondary N) is 1. The van der Waals surface area contributed by atoms with Crippen LogP contribution in [0, 0.1) is 22.7 Å². The molecule has 0 spiro atoms. The van der Waals surface area contributed by atoms with E-state index in [4.69, 9.17) is 0 Å². The van der Waals surface area contributed by atoms with Crippen LogP contribution in [-0.2, 0) is 17.9 Å². The fourth-order valence-electron chi connectivity index (χ4n) is 4.28. The molecule has 3 aromatic rings. The lowest BCUT2D eigenvalue weighted by atomic mass is 9.95. The maximum Gasteiger partial charge on any atom is 0.234 e. The fraction of sp³-hybridized carbons (Fsp3) is 0.440. The third-order valence-electron chi connectivity index (χ3n) is 5.84. The number of aromatic nitrogens is 3. The van der Waals surface area contributed by atoms with Crippen LogP contribution in [0.1, 0.15) is 45.1 Å². The lowest BCUT2D eigenvalue weighted by molar-refractivity contribution is -0.121. The van der Waals surface area contributed by atoms with Crippen LogP contribution in [0.4, 0.5) is 5.69 Å². The standard InChI is InChI=1S/C25H30N6O/c1-25(2,3)17-31-21(13-19-15-27-22(14-26)29-23(19)31)16-30-11-9-18(10-12-30)24(32)28-20-7-5-4-6-8-20/h4-8,13,15,18H,9-12,16-17H2,1-3H3,(H,28,32). The molecule has 7 heteroatoms. The van der Waals surface area contributed by atoms with Crippen molar-refractivity contribution in [3.05, 3.63) is 54.1 Å². The Morgan fingerprint density at radius 3 is 2.59 bits per heavy atom. The van der Waals surface area contributed by atoms with Crippen molar-refractivity contribution < 1.29 is 4.79 Å². The van der Waals surface area contributed by atoms with Gasteiger partial charge in [0, 0.05) is 42.0 Å². The summed E-state index contributed by atoms with van der Waals surface area (Å²) in [5, 5.41) is 13.2. The highest BCUT2D eigenvalue weighted by atomic mass is 16.1. The smallest absolute Gasteiger partial charge is 0.234 e. The monoisotopic (exact) mass is 430 g/mol. The van der Waals surface area contributed by atoms with Crippen molar-refractivity contribution in [1.29, 1.82) is 5.26 Å². The van der Waals surface area contributed by atoms with E-state index < -0.39 is 0 Å². The van der Waals surface area contributed by atoms with Crippen molar-refractivity contribution in [2.45, 2.75) is 46.7 Å². The number of hydrogen-bond donors (Lipinski definition) is 1. The second-order valence-electron chi connectivity index (χ2n) is 9.77. The summed E-state index contributed by atoms with van der Waals surface area (Å²) in [6.45, 7) is 9.95. The van der Waals surface area contributed by atoms with Crippen molar-refractivity contribution in [2.24, 2.45) is 11.3 Å². The van der Waals surface area contributed by atoms with Crippen LogP contribution in [0.3, 0.4) is 0 Å². The average molecular weight is 431 g/mol. The van der Waals surface area contributed by atoms with Gasteiger partial charge in [-0.2, -0.15) is 5.26 Å². The molecule has 1 fully saturated rings. The topological polar surface area (TPSA) is 86.8 Å². The number of nitriles is 1. The van der Waals surface area contributed by atoms with Gasteiger partial charge in [0.2, 0.25) is 11.7 Å².